The topological polar surface area (TPSA) is 38.4 Å². The van der Waals surface area contributed by atoms with Crippen LogP contribution in [0.4, 0.5) is 0 Å². The van der Waals surface area contributed by atoms with Gasteiger partial charge in [-0.25, -0.2) is 0 Å². The summed E-state index contributed by atoms with van der Waals surface area (Å²) in [5, 5.41) is 0. The van der Waals surface area contributed by atoms with E-state index in [0.29, 0.717) is 6.04 Å². The van der Waals surface area contributed by atoms with E-state index in [4.69, 9.17) is 5.73 Å². The summed E-state index contributed by atoms with van der Waals surface area (Å²) in [5.74, 6) is 2.64. The Morgan fingerprint density at radius 2 is 2.17 bits per heavy atom. The second-order valence-electron chi connectivity index (χ2n) is 3.33. The molecule has 0 amide bonds. The number of rotatable bonds is 4. The highest BCUT2D eigenvalue weighted by molar-refractivity contribution is 7.99. The van der Waals surface area contributed by atoms with E-state index in [1.54, 1.807) is 0 Å². The smallest absolute Gasteiger partial charge is 0.0528 e. The Morgan fingerprint density at radius 3 is 2.83 bits per heavy atom. The normalized spacial score (nSPS) is 30.1. The summed E-state index contributed by atoms with van der Waals surface area (Å²) in [6.07, 6.45) is 5.24. The predicted molar refractivity (Wildman–Crippen MR) is 56.8 cm³/mol. The standard InChI is InChI=1S/C9H18N2S/c1-11-9-5-3-2-4-8(9)6-12-7-10/h8-9H,1-7,10H2. The number of hydrogen-bond donors (Lipinski definition) is 1. The van der Waals surface area contributed by atoms with Gasteiger partial charge in [0.25, 0.3) is 0 Å². The second-order valence-corrected chi connectivity index (χ2v) is 4.41. The van der Waals surface area contributed by atoms with Crippen LogP contribution in [0.5, 0.6) is 0 Å². The molecular weight excluding hydrogens is 168 g/mol. The summed E-state index contributed by atoms with van der Waals surface area (Å²) in [6.45, 7) is 3.65. The van der Waals surface area contributed by atoms with Gasteiger partial charge in [-0.1, -0.05) is 12.8 Å². The van der Waals surface area contributed by atoms with Crippen LogP contribution < -0.4 is 5.73 Å². The van der Waals surface area contributed by atoms with E-state index in [1.165, 1.54) is 31.4 Å². The Bertz CT molecular complexity index is 138. The predicted octanol–water partition coefficient (Wildman–Crippen LogP) is 1.90. The quantitative estimate of drug-likeness (QED) is 0.538. The molecule has 1 aliphatic rings. The molecule has 0 aromatic rings. The first-order valence-electron chi connectivity index (χ1n) is 4.62. The number of nitrogens with two attached hydrogens (primary N) is 1. The fraction of sp³-hybridized carbons (Fsp3) is 0.889. The van der Waals surface area contributed by atoms with Crippen LogP contribution in [0.1, 0.15) is 25.7 Å². The molecule has 3 heteroatoms. The second kappa shape index (κ2) is 5.60. The molecule has 0 heterocycles. The van der Waals surface area contributed by atoms with E-state index in [1.807, 2.05) is 11.8 Å². The lowest BCUT2D eigenvalue weighted by atomic mass is 9.86. The molecule has 1 fully saturated rings. The Balaban J connectivity index is 2.31. The lowest BCUT2D eigenvalue weighted by molar-refractivity contribution is 0.339. The molecule has 0 saturated heterocycles. The molecule has 2 unspecified atom stereocenters. The summed E-state index contributed by atoms with van der Waals surface area (Å²) in [6, 6.07) is 0.512. The maximum atomic E-state index is 5.45. The first-order valence-corrected chi connectivity index (χ1v) is 5.77. The van der Waals surface area contributed by atoms with Crippen molar-refractivity contribution in [1.29, 1.82) is 0 Å². The van der Waals surface area contributed by atoms with Crippen molar-refractivity contribution in [2.75, 3.05) is 11.6 Å². The minimum absolute atomic E-state index is 0.512. The van der Waals surface area contributed by atoms with Crippen LogP contribution in [0.15, 0.2) is 4.99 Å². The summed E-state index contributed by atoms with van der Waals surface area (Å²) >= 11 is 1.82. The van der Waals surface area contributed by atoms with Gasteiger partial charge < -0.3 is 5.73 Å². The molecule has 0 aromatic heterocycles. The van der Waals surface area contributed by atoms with Crippen molar-refractivity contribution in [2.45, 2.75) is 31.7 Å². The Morgan fingerprint density at radius 1 is 1.42 bits per heavy atom. The van der Waals surface area contributed by atoms with E-state index < -0.39 is 0 Å². The third kappa shape index (κ3) is 2.79. The third-order valence-corrected chi connectivity index (χ3v) is 3.45. The van der Waals surface area contributed by atoms with Crippen molar-refractivity contribution >= 4 is 18.5 Å². The van der Waals surface area contributed by atoms with Gasteiger partial charge >= 0.3 is 0 Å². The van der Waals surface area contributed by atoms with Crippen LogP contribution in [0.2, 0.25) is 0 Å². The zero-order chi connectivity index (χ0) is 8.81. The molecule has 70 valence electrons. The Kier molecular flexibility index (Phi) is 4.69. The number of hydrogen-bond acceptors (Lipinski definition) is 3. The van der Waals surface area contributed by atoms with Gasteiger partial charge in [0.2, 0.25) is 0 Å². The highest BCUT2D eigenvalue weighted by Crippen LogP contribution is 2.28. The van der Waals surface area contributed by atoms with Crippen molar-refractivity contribution in [1.82, 2.24) is 0 Å². The number of thioether (sulfide) groups is 1. The minimum Gasteiger partial charge on any atom is -0.322 e. The summed E-state index contributed by atoms with van der Waals surface area (Å²) in [7, 11) is 0. The fourth-order valence-corrected chi connectivity index (χ4v) is 2.67. The number of aliphatic imine (C=N–C) groups is 1. The summed E-state index contributed by atoms with van der Waals surface area (Å²) < 4.78 is 0. The Labute approximate surface area is 79.0 Å². The average molecular weight is 186 g/mol. The van der Waals surface area contributed by atoms with Gasteiger partial charge in [-0.2, -0.15) is 0 Å². The van der Waals surface area contributed by atoms with Gasteiger partial charge in [-0.3, -0.25) is 4.99 Å². The minimum atomic E-state index is 0.512. The molecule has 1 rings (SSSR count). The molecule has 0 spiro atoms. The van der Waals surface area contributed by atoms with E-state index in [2.05, 4.69) is 11.7 Å². The van der Waals surface area contributed by atoms with E-state index in [-0.39, 0.29) is 0 Å². The monoisotopic (exact) mass is 186 g/mol. The maximum Gasteiger partial charge on any atom is 0.0528 e. The van der Waals surface area contributed by atoms with Gasteiger partial charge in [0.15, 0.2) is 0 Å². The van der Waals surface area contributed by atoms with Crippen molar-refractivity contribution < 1.29 is 0 Å². The van der Waals surface area contributed by atoms with Crippen molar-refractivity contribution in [3.63, 3.8) is 0 Å². The highest BCUT2D eigenvalue weighted by Gasteiger charge is 2.23. The zero-order valence-corrected chi connectivity index (χ0v) is 8.35. The molecule has 0 bridgehead atoms. The SMILES string of the molecule is C=NC1CCCCC1CSCN. The van der Waals surface area contributed by atoms with Crippen molar-refractivity contribution in [3.05, 3.63) is 0 Å². The molecule has 0 aliphatic heterocycles. The molecule has 2 atom stereocenters. The molecule has 12 heavy (non-hydrogen) atoms. The van der Waals surface area contributed by atoms with Crippen LogP contribution in [-0.2, 0) is 0 Å². The van der Waals surface area contributed by atoms with Crippen LogP contribution in [0.3, 0.4) is 0 Å². The van der Waals surface area contributed by atoms with E-state index in [9.17, 15) is 0 Å². The fourth-order valence-electron chi connectivity index (χ4n) is 1.84. The van der Waals surface area contributed by atoms with Crippen molar-refractivity contribution in [3.8, 4) is 0 Å². The lowest BCUT2D eigenvalue weighted by Crippen LogP contribution is -2.25. The lowest BCUT2D eigenvalue weighted by Gasteiger charge is -2.27. The van der Waals surface area contributed by atoms with Gasteiger partial charge in [-0.15, -0.1) is 11.8 Å². The van der Waals surface area contributed by atoms with Gasteiger partial charge in [-0.05, 0) is 31.2 Å². The molecule has 1 aliphatic carbocycles. The van der Waals surface area contributed by atoms with Crippen molar-refractivity contribution in [2.24, 2.45) is 16.6 Å². The molecule has 1 saturated carbocycles. The molecule has 0 radical (unpaired) electrons. The number of nitrogens with zero attached hydrogens (tertiary/aromatic N) is 1. The molecule has 0 aromatic carbocycles. The summed E-state index contributed by atoms with van der Waals surface area (Å²) in [5.41, 5.74) is 5.45. The zero-order valence-electron chi connectivity index (χ0n) is 7.54. The van der Waals surface area contributed by atoms with E-state index in [0.717, 1.165) is 11.8 Å². The van der Waals surface area contributed by atoms with Crippen LogP contribution in [0.25, 0.3) is 0 Å². The van der Waals surface area contributed by atoms with Crippen LogP contribution in [-0.4, -0.2) is 24.4 Å². The molecule has 2 nitrogen and oxygen atoms in total. The van der Waals surface area contributed by atoms with Crippen LogP contribution in [0, 0.1) is 5.92 Å². The summed E-state index contributed by atoms with van der Waals surface area (Å²) in [4.78, 5) is 4.18. The van der Waals surface area contributed by atoms with Crippen LogP contribution >= 0.6 is 11.8 Å². The largest absolute Gasteiger partial charge is 0.322 e. The van der Waals surface area contributed by atoms with Gasteiger partial charge in [0, 0.05) is 5.88 Å². The average Bonchev–Trinajstić information content (AvgIpc) is 2.15. The van der Waals surface area contributed by atoms with E-state index >= 15 is 0 Å². The maximum absolute atomic E-state index is 5.45. The molecular formula is C9H18N2S. The van der Waals surface area contributed by atoms with Gasteiger partial charge in [0.05, 0.1) is 6.04 Å². The first-order chi connectivity index (χ1) is 5.88. The Hall–Kier alpha value is -0.0200. The highest BCUT2D eigenvalue weighted by atomic mass is 32.2. The molecule has 2 N–H and O–H groups in total. The van der Waals surface area contributed by atoms with Gasteiger partial charge in [0.1, 0.15) is 0 Å². The third-order valence-electron chi connectivity index (χ3n) is 2.55. The first kappa shape index (κ1) is 10.1.